The van der Waals surface area contributed by atoms with Crippen LogP contribution in [0.4, 0.5) is 11.4 Å². The largest absolute Gasteiger partial charge is 0.351 e. The molecule has 17 heavy (non-hydrogen) atoms. The molecule has 1 N–H and O–H groups in total. The molecule has 0 fully saturated rings. The highest BCUT2D eigenvalue weighted by molar-refractivity contribution is 5.77. The van der Waals surface area contributed by atoms with Crippen molar-refractivity contribution in [2.75, 3.05) is 5.32 Å². The molecule has 0 spiro atoms. The molecule has 0 aliphatic heterocycles. The SMILES string of the molecule is Cn1cccc(Nc2cccc(C=O)c2)c1=O. The lowest BCUT2D eigenvalue weighted by Crippen LogP contribution is -2.18. The van der Waals surface area contributed by atoms with Crippen LogP contribution in [0.15, 0.2) is 47.4 Å². The van der Waals surface area contributed by atoms with E-state index in [-0.39, 0.29) is 5.56 Å². The first-order valence-corrected chi connectivity index (χ1v) is 5.18. The molecule has 0 saturated carbocycles. The molecule has 0 bridgehead atoms. The van der Waals surface area contributed by atoms with Crippen molar-refractivity contribution in [2.45, 2.75) is 0 Å². The van der Waals surface area contributed by atoms with Gasteiger partial charge >= 0.3 is 0 Å². The minimum absolute atomic E-state index is 0.107. The molecule has 1 aromatic heterocycles. The molecule has 4 heteroatoms. The number of hydrogen-bond donors (Lipinski definition) is 1. The van der Waals surface area contributed by atoms with Gasteiger partial charge in [-0.05, 0) is 24.3 Å². The Morgan fingerprint density at radius 1 is 1.24 bits per heavy atom. The van der Waals surface area contributed by atoms with Crippen LogP contribution in [0.25, 0.3) is 0 Å². The van der Waals surface area contributed by atoms with Crippen LogP contribution < -0.4 is 10.9 Å². The number of pyridine rings is 1. The summed E-state index contributed by atoms with van der Waals surface area (Å²) in [6.07, 6.45) is 2.46. The molecular formula is C13H12N2O2. The Morgan fingerprint density at radius 2 is 2.06 bits per heavy atom. The van der Waals surface area contributed by atoms with Gasteiger partial charge in [0, 0.05) is 24.5 Å². The zero-order chi connectivity index (χ0) is 12.3. The number of nitrogens with zero attached hydrogens (tertiary/aromatic N) is 1. The number of carbonyl (C=O) groups excluding carboxylic acids is 1. The third-order valence-electron chi connectivity index (χ3n) is 2.43. The van der Waals surface area contributed by atoms with E-state index in [1.807, 2.05) is 0 Å². The number of nitrogens with one attached hydrogen (secondary N) is 1. The fraction of sp³-hybridized carbons (Fsp3) is 0.0769. The maximum absolute atomic E-state index is 11.8. The molecular weight excluding hydrogens is 216 g/mol. The lowest BCUT2D eigenvalue weighted by atomic mass is 10.2. The summed E-state index contributed by atoms with van der Waals surface area (Å²) in [5.41, 5.74) is 1.67. The second-order valence-electron chi connectivity index (χ2n) is 3.71. The maximum atomic E-state index is 11.8. The first-order valence-electron chi connectivity index (χ1n) is 5.18. The predicted octanol–water partition coefficient (Wildman–Crippen LogP) is 1.94. The summed E-state index contributed by atoms with van der Waals surface area (Å²) in [6, 6.07) is 10.5. The zero-order valence-electron chi connectivity index (χ0n) is 9.38. The summed E-state index contributed by atoms with van der Waals surface area (Å²) < 4.78 is 1.49. The van der Waals surface area contributed by atoms with E-state index in [0.29, 0.717) is 11.3 Å². The topological polar surface area (TPSA) is 51.1 Å². The summed E-state index contributed by atoms with van der Waals surface area (Å²) in [5, 5.41) is 3.00. The Labute approximate surface area is 98.5 Å². The van der Waals surface area contributed by atoms with Crippen LogP contribution in [0.1, 0.15) is 10.4 Å². The summed E-state index contributed by atoms with van der Waals surface area (Å²) in [7, 11) is 1.69. The summed E-state index contributed by atoms with van der Waals surface area (Å²) in [6.45, 7) is 0. The Balaban J connectivity index is 2.34. The van der Waals surface area contributed by atoms with Crippen LogP contribution in [-0.4, -0.2) is 10.9 Å². The summed E-state index contributed by atoms with van der Waals surface area (Å²) in [5.74, 6) is 0. The van der Waals surface area contributed by atoms with Gasteiger partial charge in [-0.3, -0.25) is 9.59 Å². The predicted molar refractivity (Wildman–Crippen MR) is 66.8 cm³/mol. The van der Waals surface area contributed by atoms with Gasteiger partial charge in [0.25, 0.3) is 5.56 Å². The van der Waals surface area contributed by atoms with E-state index in [1.165, 1.54) is 4.57 Å². The van der Waals surface area contributed by atoms with Crippen molar-refractivity contribution in [3.8, 4) is 0 Å². The van der Waals surface area contributed by atoms with Crippen LogP contribution in [0.2, 0.25) is 0 Å². The van der Waals surface area contributed by atoms with Gasteiger partial charge in [-0.2, -0.15) is 0 Å². The van der Waals surface area contributed by atoms with Crippen molar-refractivity contribution in [1.29, 1.82) is 0 Å². The van der Waals surface area contributed by atoms with E-state index in [1.54, 1.807) is 49.6 Å². The van der Waals surface area contributed by atoms with Crippen LogP contribution in [0.5, 0.6) is 0 Å². The number of benzene rings is 1. The highest BCUT2D eigenvalue weighted by Gasteiger charge is 2.01. The highest BCUT2D eigenvalue weighted by atomic mass is 16.1. The fourth-order valence-electron chi connectivity index (χ4n) is 1.54. The Hall–Kier alpha value is -2.36. The van der Waals surface area contributed by atoms with E-state index in [4.69, 9.17) is 0 Å². The lowest BCUT2D eigenvalue weighted by molar-refractivity contribution is 0.112. The molecule has 0 aliphatic rings. The van der Waals surface area contributed by atoms with Gasteiger partial charge < -0.3 is 9.88 Å². The summed E-state index contributed by atoms with van der Waals surface area (Å²) >= 11 is 0. The number of aromatic nitrogens is 1. The highest BCUT2D eigenvalue weighted by Crippen LogP contribution is 2.13. The van der Waals surface area contributed by atoms with E-state index < -0.39 is 0 Å². The van der Waals surface area contributed by atoms with Crippen LogP contribution in [0.3, 0.4) is 0 Å². The number of aryl methyl sites for hydroxylation is 1. The number of rotatable bonds is 3. The lowest BCUT2D eigenvalue weighted by Gasteiger charge is -2.07. The molecule has 1 heterocycles. The third-order valence-corrected chi connectivity index (χ3v) is 2.43. The van der Waals surface area contributed by atoms with E-state index in [2.05, 4.69) is 5.32 Å². The van der Waals surface area contributed by atoms with Crippen molar-refractivity contribution in [3.63, 3.8) is 0 Å². The Morgan fingerprint density at radius 3 is 2.82 bits per heavy atom. The minimum Gasteiger partial charge on any atom is -0.351 e. The van der Waals surface area contributed by atoms with Gasteiger partial charge in [0.15, 0.2) is 0 Å². The first-order chi connectivity index (χ1) is 8.20. The average molecular weight is 228 g/mol. The second-order valence-corrected chi connectivity index (χ2v) is 3.71. The molecule has 0 amide bonds. The first kappa shape index (κ1) is 11.1. The van der Waals surface area contributed by atoms with Crippen molar-refractivity contribution in [1.82, 2.24) is 4.57 Å². The number of anilines is 2. The molecule has 2 aromatic rings. The average Bonchev–Trinajstić information content (AvgIpc) is 2.35. The molecule has 0 radical (unpaired) electrons. The molecule has 2 rings (SSSR count). The normalized spacial score (nSPS) is 9.94. The van der Waals surface area contributed by atoms with Crippen LogP contribution in [0, 0.1) is 0 Å². The standard InChI is InChI=1S/C13H12N2O2/c1-15-7-3-6-12(13(15)17)14-11-5-2-4-10(8-11)9-16/h2-9,14H,1H3. The Bertz CT molecular complexity index is 602. The van der Waals surface area contributed by atoms with Crippen molar-refractivity contribution in [3.05, 3.63) is 58.5 Å². The second kappa shape index (κ2) is 4.65. The van der Waals surface area contributed by atoms with Crippen LogP contribution in [-0.2, 0) is 7.05 Å². The molecule has 0 saturated heterocycles. The van der Waals surface area contributed by atoms with E-state index in [0.717, 1.165) is 12.0 Å². The van der Waals surface area contributed by atoms with Gasteiger partial charge in [0.1, 0.15) is 12.0 Å². The van der Waals surface area contributed by atoms with Gasteiger partial charge in [0.2, 0.25) is 0 Å². The third kappa shape index (κ3) is 2.42. The van der Waals surface area contributed by atoms with Gasteiger partial charge in [-0.1, -0.05) is 12.1 Å². The molecule has 4 nitrogen and oxygen atoms in total. The van der Waals surface area contributed by atoms with Gasteiger partial charge in [-0.15, -0.1) is 0 Å². The van der Waals surface area contributed by atoms with E-state index >= 15 is 0 Å². The van der Waals surface area contributed by atoms with Crippen LogP contribution >= 0.6 is 0 Å². The maximum Gasteiger partial charge on any atom is 0.273 e. The molecule has 0 unspecified atom stereocenters. The molecule has 86 valence electrons. The number of aldehydes is 1. The number of hydrogen-bond acceptors (Lipinski definition) is 3. The van der Waals surface area contributed by atoms with Crippen molar-refractivity contribution in [2.24, 2.45) is 7.05 Å². The fourth-order valence-corrected chi connectivity index (χ4v) is 1.54. The minimum atomic E-state index is -0.107. The molecule has 0 atom stereocenters. The molecule has 1 aromatic carbocycles. The smallest absolute Gasteiger partial charge is 0.273 e. The quantitative estimate of drug-likeness (QED) is 0.817. The van der Waals surface area contributed by atoms with Gasteiger partial charge in [-0.25, -0.2) is 0 Å². The zero-order valence-corrected chi connectivity index (χ0v) is 9.38. The van der Waals surface area contributed by atoms with Gasteiger partial charge in [0.05, 0.1) is 0 Å². The van der Waals surface area contributed by atoms with E-state index in [9.17, 15) is 9.59 Å². The number of carbonyl (C=O) groups is 1. The monoisotopic (exact) mass is 228 g/mol. The Kier molecular flexibility index (Phi) is 3.05. The summed E-state index contributed by atoms with van der Waals surface area (Å²) in [4.78, 5) is 22.4. The molecule has 0 aliphatic carbocycles. The van der Waals surface area contributed by atoms with Crippen molar-refractivity contribution < 1.29 is 4.79 Å². The van der Waals surface area contributed by atoms with Crippen molar-refractivity contribution >= 4 is 17.7 Å².